The molecule has 0 spiro atoms. The van der Waals surface area contributed by atoms with Crippen LogP contribution in [0.15, 0.2) is 40.6 Å². The van der Waals surface area contributed by atoms with E-state index in [-0.39, 0.29) is 10.9 Å². The second-order valence-electron chi connectivity index (χ2n) is 7.76. The largest absolute Gasteiger partial charge is 0.490 e. The lowest BCUT2D eigenvalue weighted by molar-refractivity contribution is 0.141. The van der Waals surface area contributed by atoms with Crippen LogP contribution in [0, 0.1) is 5.92 Å². The van der Waals surface area contributed by atoms with Gasteiger partial charge in [0.1, 0.15) is 0 Å². The highest BCUT2D eigenvalue weighted by Crippen LogP contribution is 2.33. The third-order valence-corrected chi connectivity index (χ3v) is 8.02. The molecule has 4 rings (SSSR count). The van der Waals surface area contributed by atoms with Crippen molar-refractivity contribution in [3.63, 3.8) is 0 Å². The SMILES string of the molecule is CC1CCN([C@H](CNS(=O)(=O)c2ccc3c(c2)OCCCO3)c2cccs2)CC1. The number of piperidine rings is 1. The van der Waals surface area contributed by atoms with Crippen molar-refractivity contribution in [3.8, 4) is 11.5 Å². The average molecular weight is 437 g/mol. The molecule has 1 fully saturated rings. The molecule has 2 aromatic rings. The van der Waals surface area contributed by atoms with Crippen LogP contribution in [0.4, 0.5) is 0 Å². The molecule has 6 nitrogen and oxygen atoms in total. The Balaban J connectivity index is 1.50. The van der Waals surface area contributed by atoms with E-state index in [0.717, 1.165) is 38.3 Å². The molecule has 2 aliphatic heterocycles. The number of hydrogen-bond donors (Lipinski definition) is 1. The molecule has 0 radical (unpaired) electrons. The number of rotatable bonds is 6. The molecule has 8 heteroatoms. The van der Waals surface area contributed by atoms with Crippen LogP contribution in [-0.2, 0) is 10.0 Å². The van der Waals surface area contributed by atoms with Gasteiger partial charge in [0.15, 0.2) is 11.5 Å². The van der Waals surface area contributed by atoms with Crippen LogP contribution in [0.5, 0.6) is 11.5 Å². The summed E-state index contributed by atoms with van der Waals surface area (Å²) >= 11 is 1.68. The summed E-state index contributed by atoms with van der Waals surface area (Å²) in [5, 5.41) is 2.05. The predicted molar refractivity (Wildman–Crippen MR) is 114 cm³/mol. The van der Waals surface area contributed by atoms with Gasteiger partial charge in [-0.1, -0.05) is 13.0 Å². The quantitative estimate of drug-likeness (QED) is 0.749. The lowest BCUT2D eigenvalue weighted by Crippen LogP contribution is -2.41. The fraction of sp³-hybridized carbons (Fsp3) is 0.524. The van der Waals surface area contributed by atoms with Crippen molar-refractivity contribution in [3.05, 3.63) is 40.6 Å². The number of ether oxygens (including phenoxy) is 2. The van der Waals surface area contributed by atoms with Gasteiger partial charge in [0.25, 0.3) is 0 Å². The first-order valence-electron chi connectivity index (χ1n) is 10.2. The van der Waals surface area contributed by atoms with Gasteiger partial charge in [-0.15, -0.1) is 11.3 Å². The monoisotopic (exact) mass is 436 g/mol. The van der Waals surface area contributed by atoms with E-state index in [1.807, 2.05) is 11.4 Å². The van der Waals surface area contributed by atoms with Crippen LogP contribution in [0.2, 0.25) is 0 Å². The van der Waals surface area contributed by atoms with Crippen molar-refractivity contribution >= 4 is 21.4 Å². The van der Waals surface area contributed by atoms with Crippen LogP contribution in [0.1, 0.15) is 37.1 Å². The fourth-order valence-corrected chi connectivity index (χ4v) is 5.73. The zero-order valence-corrected chi connectivity index (χ0v) is 18.3. The van der Waals surface area contributed by atoms with E-state index in [4.69, 9.17) is 9.47 Å². The third kappa shape index (κ3) is 4.94. The van der Waals surface area contributed by atoms with Crippen LogP contribution in [0.25, 0.3) is 0 Å². The van der Waals surface area contributed by atoms with E-state index in [9.17, 15) is 8.42 Å². The minimum atomic E-state index is -3.65. The molecule has 0 bridgehead atoms. The molecule has 29 heavy (non-hydrogen) atoms. The van der Waals surface area contributed by atoms with Gasteiger partial charge in [-0.2, -0.15) is 0 Å². The summed E-state index contributed by atoms with van der Waals surface area (Å²) in [5.41, 5.74) is 0. The second-order valence-corrected chi connectivity index (χ2v) is 10.5. The Hall–Kier alpha value is -1.61. The van der Waals surface area contributed by atoms with E-state index in [1.54, 1.807) is 29.5 Å². The molecular formula is C21H28N2O4S2. The van der Waals surface area contributed by atoms with Crippen molar-refractivity contribution in [2.45, 2.75) is 37.1 Å². The van der Waals surface area contributed by atoms with Gasteiger partial charge in [-0.05, 0) is 55.4 Å². The first-order chi connectivity index (χ1) is 14.0. The van der Waals surface area contributed by atoms with Crippen molar-refractivity contribution in [1.29, 1.82) is 0 Å². The Morgan fingerprint density at radius 1 is 1.17 bits per heavy atom. The number of nitrogens with one attached hydrogen (secondary N) is 1. The summed E-state index contributed by atoms with van der Waals surface area (Å²) < 4.78 is 40.1. The van der Waals surface area contributed by atoms with Crippen molar-refractivity contribution in [2.75, 3.05) is 32.8 Å². The Labute approximate surface area is 176 Å². The van der Waals surface area contributed by atoms with Crippen LogP contribution >= 0.6 is 11.3 Å². The summed E-state index contributed by atoms with van der Waals surface area (Å²) in [4.78, 5) is 3.81. The van der Waals surface area contributed by atoms with Gasteiger partial charge in [0.2, 0.25) is 10.0 Å². The standard InChI is InChI=1S/C21H28N2O4S2/c1-16-7-9-23(10-8-16)18(21-4-2-13-28-21)15-22-29(24,25)17-5-6-19-20(14-17)27-12-3-11-26-19/h2,4-6,13-14,16,18,22H,3,7-12,15H2,1H3/t18-/m1/s1. The maximum absolute atomic E-state index is 13.0. The van der Waals surface area contributed by atoms with Crippen LogP contribution < -0.4 is 14.2 Å². The van der Waals surface area contributed by atoms with E-state index in [1.165, 1.54) is 4.88 Å². The van der Waals surface area contributed by atoms with E-state index in [2.05, 4.69) is 22.6 Å². The van der Waals surface area contributed by atoms with Gasteiger partial charge in [-0.25, -0.2) is 13.1 Å². The zero-order valence-electron chi connectivity index (χ0n) is 16.7. The lowest BCUT2D eigenvalue weighted by Gasteiger charge is -2.36. The highest BCUT2D eigenvalue weighted by atomic mass is 32.2. The number of benzene rings is 1. The van der Waals surface area contributed by atoms with Gasteiger partial charge in [0.05, 0.1) is 24.2 Å². The Kier molecular flexibility index (Phi) is 6.44. The Morgan fingerprint density at radius 2 is 1.93 bits per heavy atom. The van der Waals surface area contributed by atoms with Gasteiger partial charge in [-0.3, -0.25) is 4.90 Å². The number of sulfonamides is 1. The summed E-state index contributed by atoms with van der Waals surface area (Å²) in [6.45, 7) is 5.73. The topological polar surface area (TPSA) is 67.9 Å². The average Bonchev–Trinajstić information content (AvgIpc) is 3.13. The summed E-state index contributed by atoms with van der Waals surface area (Å²) in [7, 11) is -3.65. The van der Waals surface area contributed by atoms with Gasteiger partial charge >= 0.3 is 0 Å². The number of thiophene rings is 1. The van der Waals surface area contributed by atoms with Crippen LogP contribution in [-0.4, -0.2) is 46.2 Å². The Bertz CT molecular complexity index is 907. The smallest absolute Gasteiger partial charge is 0.240 e. The maximum atomic E-state index is 13.0. The van der Waals surface area contributed by atoms with E-state index >= 15 is 0 Å². The molecule has 1 aromatic heterocycles. The number of likely N-dealkylation sites (tertiary alicyclic amines) is 1. The highest BCUT2D eigenvalue weighted by Gasteiger charge is 2.27. The van der Waals surface area contributed by atoms with Crippen molar-refractivity contribution < 1.29 is 17.9 Å². The third-order valence-electron chi connectivity index (χ3n) is 5.63. The molecule has 0 saturated carbocycles. The molecule has 1 saturated heterocycles. The zero-order chi connectivity index (χ0) is 20.3. The number of fused-ring (bicyclic) bond motifs is 1. The number of nitrogens with zero attached hydrogens (tertiary/aromatic N) is 1. The summed E-state index contributed by atoms with van der Waals surface area (Å²) in [6, 6.07) is 8.99. The normalized spacial score (nSPS) is 19.6. The molecule has 0 aliphatic carbocycles. The molecule has 158 valence electrons. The Morgan fingerprint density at radius 3 is 2.66 bits per heavy atom. The lowest BCUT2D eigenvalue weighted by atomic mass is 9.97. The predicted octanol–water partition coefficient (Wildman–Crippen LogP) is 3.66. The molecular weight excluding hydrogens is 408 g/mol. The summed E-state index contributed by atoms with van der Waals surface area (Å²) in [5.74, 6) is 1.82. The minimum Gasteiger partial charge on any atom is -0.490 e. The first-order valence-corrected chi connectivity index (χ1v) is 12.6. The van der Waals surface area contributed by atoms with Gasteiger partial charge in [0, 0.05) is 23.9 Å². The molecule has 0 amide bonds. The highest BCUT2D eigenvalue weighted by molar-refractivity contribution is 7.89. The second kappa shape index (κ2) is 9.04. The van der Waals surface area contributed by atoms with Crippen LogP contribution in [0.3, 0.4) is 0 Å². The summed E-state index contributed by atoms with van der Waals surface area (Å²) in [6.07, 6.45) is 3.08. The molecule has 1 aromatic carbocycles. The maximum Gasteiger partial charge on any atom is 0.240 e. The first kappa shape index (κ1) is 20.7. The van der Waals surface area contributed by atoms with E-state index < -0.39 is 10.0 Å². The fourth-order valence-electron chi connectivity index (χ4n) is 3.81. The van der Waals surface area contributed by atoms with Crippen molar-refractivity contribution in [1.82, 2.24) is 9.62 Å². The van der Waals surface area contributed by atoms with Gasteiger partial charge < -0.3 is 9.47 Å². The molecule has 2 aliphatic rings. The minimum absolute atomic E-state index is 0.0534. The molecule has 3 heterocycles. The molecule has 1 atom stereocenters. The molecule has 1 N–H and O–H groups in total. The van der Waals surface area contributed by atoms with Crippen molar-refractivity contribution in [2.24, 2.45) is 5.92 Å². The molecule has 0 unspecified atom stereocenters. The number of hydrogen-bond acceptors (Lipinski definition) is 6. The van der Waals surface area contributed by atoms with E-state index in [0.29, 0.717) is 31.3 Å².